The van der Waals surface area contributed by atoms with E-state index in [1.54, 1.807) is 11.9 Å². The van der Waals surface area contributed by atoms with Gasteiger partial charge in [0, 0.05) is 26.6 Å². The van der Waals surface area contributed by atoms with E-state index in [4.69, 9.17) is 10.5 Å². The zero-order valence-electron chi connectivity index (χ0n) is 21.3. The lowest BCUT2D eigenvalue weighted by Gasteiger charge is -2.39. The molecular weight excluding hydrogens is 396 g/mol. The Morgan fingerprint density at radius 1 is 0.968 bits per heavy atom. The van der Waals surface area contributed by atoms with E-state index in [0.717, 1.165) is 6.42 Å². The average molecular weight is 443 g/mol. The highest BCUT2D eigenvalue weighted by Gasteiger charge is 2.37. The molecule has 3 N–H and O–H groups in total. The van der Waals surface area contributed by atoms with Gasteiger partial charge >= 0.3 is 0 Å². The molecule has 0 aliphatic heterocycles. The van der Waals surface area contributed by atoms with Crippen LogP contribution >= 0.6 is 0 Å². The minimum atomic E-state index is -0.662. The molecule has 8 nitrogen and oxygen atoms in total. The standard InChI is InChI=1S/C23H46N4O4/c1-11-16(6)22(18(31-10)13-19(24)28)27(9)23(30)21(15(4)5)25-20(29)12-17(14(2)3)26(7)8/h14-18,21-22H,11-13H2,1-10H3,(H2,24,28)(H,25,29)/t16-,17+,18+,21-,22-/m0/s1. The summed E-state index contributed by atoms with van der Waals surface area (Å²) in [6.07, 6.45) is 0.644. The Kier molecular flexibility index (Phi) is 12.9. The first-order valence-corrected chi connectivity index (χ1v) is 11.3. The highest BCUT2D eigenvalue weighted by Crippen LogP contribution is 2.23. The van der Waals surface area contributed by atoms with Crippen molar-refractivity contribution in [2.24, 2.45) is 23.5 Å². The van der Waals surface area contributed by atoms with Gasteiger partial charge in [-0.3, -0.25) is 14.4 Å². The van der Waals surface area contributed by atoms with Gasteiger partial charge in [-0.15, -0.1) is 0 Å². The molecule has 0 saturated carbocycles. The summed E-state index contributed by atoms with van der Waals surface area (Å²) in [4.78, 5) is 41.5. The lowest BCUT2D eigenvalue weighted by Crippen LogP contribution is -2.57. The molecular formula is C23H46N4O4. The van der Waals surface area contributed by atoms with Crippen LogP contribution in [0.2, 0.25) is 0 Å². The van der Waals surface area contributed by atoms with Crippen molar-refractivity contribution in [3.63, 3.8) is 0 Å². The van der Waals surface area contributed by atoms with E-state index in [1.807, 2.05) is 46.7 Å². The molecule has 0 bridgehead atoms. The SMILES string of the molecule is CC[C@H](C)[C@@H]([C@@H](CC(N)=O)OC)N(C)C(=O)[C@@H](NC(=O)C[C@H](C(C)C)N(C)C)C(C)C. The maximum Gasteiger partial charge on any atom is 0.245 e. The highest BCUT2D eigenvalue weighted by molar-refractivity contribution is 5.88. The summed E-state index contributed by atoms with van der Waals surface area (Å²) in [5, 5.41) is 2.96. The number of nitrogens with zero attached hydrogens (tertiary/aromatic N) is 2. The number of nitrogens with two attached hydrogens (primary N) is 1. The van der Waals surface area contributed by atoms with Crippen LogP contribution in [0.5, 0.6) is 0 Å². The van der Waals surface area contributed by atoms with E-state index in [-0.39, 0.29) is 42.2 Å². The van der Waals surface area contributed by atoms with Crippen molar-refractivity contribution in [3.05, 3.63) is 0 Å². The number of amides is 3. The first-order chi connectivity index (χ1) is 14.3. The highest BCUT2D eigenvalue weighted by atomic mass is 16.5. The van der Waals surface area contributed by atoms with Crippen LogP contribution in [0, 0.1) is 17.8 Å². The topological polar surface area (TPSA) is 105 Å². The zero-order chi connectivity index (χ0) is 24.5. The minimum Gasteiger partial charge on any atom is -0.379 e. The zero-order valence-corrected chi connectivity index (χ0v) is 21.3. The van der Waals surface area contributed by atoms with Crippen LogP contribution in [-0.4, -0.2) is 80.0 Å². The van der Waals surface area contributed by atoms with Crippen LogP contribution in [0.1, 0.15) is 60.8 Å². The predicted molar refractivity (Wildman–Crippen MR) is 124 cm³/mol. The maximum absolute atomic E-state index is 13.5. The molecule has 0 unspecified atom stereocenters. The van der Waals surface area contributed by atoms with Crippen molar-refractivity contribution in [3.8, 4) is 0 Å². The van der Waals surface area contributed by atoms with Gasteiger partial charge in [0.25, 0.3) is 0 Å². The van der Waals surface area contributed by atoms with E-state index in [1.165, 1.54) is 7.11 Å². The molecule has 8 heteroatoms. The number of hydrogen-bond acceptors (Lipinski definition) is 5. The van der Waals surface area contributed by atoms with Gasteiger partial charge in [-0.25, -0.2) is 0 Å². The van der Waals surface area contributed by atoms with Gasteiger partial charge in [0.05, 0.1) is 18.6 Å². The first-order valence-electron chi connectivity index (χ1n) is 11.3. The Bertz CT molecular complexity index is 572. The fraction of sp³-hybridized carbons (Fsp3) is 0.870. The molecule has 31 heavy (non-hydrogen) atoms. The number of hydrogen-bond donors (Lipinski definition) is 2. The third kappa shape index (κ3) is 9.15. The molecule has 0 aromatic rings. The molecule has 0 rings (SSSR count). The normalized spacial score (nSPS) is 16.7. The summed E-state index contributed by atoms with van der Waals surface area (Å²) in [7, 11) is 7.15. The largest absolute Gasteiger partial charge is 0.379 e. The molecule has 0 aromatic carbocycles. The molecule has 0 heterocycles. The molecule has 5 atom stereocenters. The van der Waals surface area contributed by atoms with E-state index in [2.05, 4.69) is 19.2 Å². The number of primary amides is 1. The van der Waals surface area contributed by atoms with E-state index in [9.17, 15) is 14.4 Å². The summed E-state index contributed by atoms with van der Waals surface area (Å²) >= 11 is 0. The van der Waals surface area contributed by atoms with Crippen LogP contribution in [0.4, 0.5) is 0 Å². The molecule has 182 valence electrons. The number of methoxy groups -OCH3 is 1. The van der Waals surface area contributed by atoms with Crippen LogP contribution in [-0.2, 0) is 19.1 Å². The Balaban J connectivity index is 5.65. The summed E-state index contributed by atoms with van der Waals surface area (Å²) in [6, 6.07) is -0.912. The average Bonchev–Trinajstić information content (AvgIpc) is 2.67. The minimum absolute atomic E-state index is 0.0285. The molecule has 0 saturated heterocycles. The molecule has 0 fully saturated rings. The van der Waals surface area contributed by atoms with Crippen LogP contribution in [0.3, 0.4) is 0 Å². The van der Waals surface area contributed by atoms with Crippen molar-refractivity contribution >= 4 is 17.7 Å². The second kappa shape index (κ2) is 13.7. The Hall–Kier alpha value is -1.67. The summed E-state index contributed by atoms with van der Waals surface area (Å²) in [5.74, 6) is -0.508. The number of rotatable bonds is 14. The fourth-order valence-electron chi connectivity index (χ4n) is 4.10. The quantitative estimate of drug-likeness (QED) is 0.427. The van der Waals surface area contributed by atoms with Crippen LogP contribution in [0.25, 0.3) is 0 Å². The van der Waals surface area contributed by atoms with Gasteiger partial charge in [0.2, 0.25) is 17.7 Å². The third-order valence-corrected chi connectivity index (χ3v) is 6.18. The van der Waals surface area contributed by atoms with E-state index < -0.39 is 18.1 Å². The first kappa shape index (κ1) is 29.3. The van der Waals surface area contributed by atoms with Crippen LogP contribution in [0.15, 0.2) is 0 Å². The van der Waals surface area contributed by atoms with Gasteiger partial charge in [-0.05, 0) is 31.8 Å². The molecule has 0 aliphatic rings. The number of nitrogens with one attached hydrogen (secondary N) is 1. The van der Waals surface area contributed by atoms with Gasteiger partial charge in [0.15, 0.2) is 0 Å². The summed E-state index contributed by atoms with van der Waals surface area (Å²) in [6.45, 7) is 12.0. The Morgan fingerprint density at radius 3 is 1.87 bits per heavy atom. The van der Waals surface area contributed by atoms with Gasteiger partial charge in [-0.1, -0.05) is 48.0 Å². The third-order valence-electron chi connectivity index (χ3n) is 6.18. The van der Waals surface area contributed by atoms with Crippen molar-refractivity contribution < 1.29 is 19.1 Å². The van der Waals surface area contributed by atoms with Gasteiger partial charge < -0.3 is 25.6 Å². The van der Waals surface area contributed by atoms with Gasteiger partial charge in [0.1, 0.15) is 6.04 Å². The lowest BCUT2D eigenvalue weighted by molar-refractivity contribution is -0.143. The Labute approximate surface area is 189 Å². The predicted octanol–water partition coefficient (Wildman–Crippen LogP) is 1.87. The van der Waals surface area contributed by atoms with E-state index >= 15 is 0 Å². The Morgan fingerprint density at radius 2 is 1.52 bits per heavy atom. The number of carbonyl (C=O) groups excluding carboxylic acids is 3. The van der Waals surface area contributed by atoms with Crippen molar-refractivity contribution in [2.75, 3.05) is 28.3 Å². The maximum atomic E-state index is 13.5. The number of ether oxygens (including phenoxy) is 1. The van der Waals surface area contributed by atoms with Crippen molar-refractivity contribution in [2.45, 2.75) is 85.0 Å². The monoisotopic (exact) mass is 442 g/mol. The molecule has 0 aromatic heterocycles. The second-order valence-electron chi connectivity index (χ2n) is 9.54. The fourth-order valence-corrected chi connectivity index (χ4v) is 4.10. The van der Waals surface area contributed by atoms with Crippen molar-refractivity contribution in [1.29, 1.82) is 0 Å². The lowest BCUT2D eigenvalue weighted by atomic mass is 9.90. The number of likely N-dealkylation sites (N-methyl/N-ethyl adjacent to an activating group) is 1. The second-order valence-corrected chi connectivity index (χ2v) is 9.54. The molecule has 0 aliphatic carbocycles. The number of carbonyl (C=O) groups is 3. The van der Waals surface area contributed by atoms with E-state index in [0.29, 0.717) is 12.3 Å². The summed E-state index contributed by atoms with van der Waals surface area (Å²) in [5.41, 5.74) is 5.41. The van der Waals surface area contributed by atoms with Crippen LogP contribution < -0.4 is 11.1 Å². The molecule has 0 radical (unpaired) electrons. The molecule has 0 spiro atoms. The smallest absolute Gasteiger partial charge is 0.245 e. The van der Waals surface area contributed by atoms with Gasteiger partial charge in [-0.2, -0.15) is 0 Å². The molecule has 3 amide bonds. The summed E-state index contributed by atoms with van der Waals surface area (Å²) < 4.78 is 5.56. The van der Waals surface area contributed by atoms with Crippen molar-refractivity contribution in [1.82, 2.24) is 15.1 Å².